The van der Waals surface area contributed by atoms with Gasteiger partial charge in [-0.25, -0.2) is 9.78 Å². The molecule has 0 unspecified atom stereocenters. The first-order chi connectivity index (χ1) is 17.5. The van der Waals surface area contributed by atoms with Crippen LogP contribution in [0.2, 0.25) is 0 Å². The van der Waals surface area contributed by atoms with Crippen molar-refractivity contribution in [2.75, 3.05) is 48.5 Å². The van der Waals surface area contributed by atoms with Crippen LogP contribution in [0.4, 0.5) is 22.0 Å². The van der Waals surface area contributed by atoms with Gasteiger partial charge in [0.25, 0.3) is 5.91 Å². The van der Waals surface area contributed by atoms with Gasteiger partial charge in [0.15, 0.2) is 11.5 Å². The quantitative estimate of drug-likeness (QED) is 0.566. The summed E-state index contributed by atoms with van der Waals surface area (Å²) in [7, 11) is 0. The Morgan fingerprint density at radius 3 is 2.44 bits per heavy atom. The van der Waals surface area contributed by atoms with Crippen LogP contribution in [-0.4, -0.2) is 54.8 Å². The van der Waals surface area contributed by atoms with Crippen LogP contribution in [0.15, 0.2) is 54.7 Å². The highest BCUT2D eigenvalue weighted by Crippen LogP contribution is 2.33. The molecule has 9 heteroatoms. The number of rotatable bonds is 4. The summed E-state index contributed by atoms with van der Waals surface area (Å²) in [4.78, 5) is 34.0. The third-order valence-electron chi connectivity index (χ3n) is 6.50. The van der Waals surface area contributed by atoms with E-state index in [4.69, 9.17) is 9.47 Å². The molecule has 1 fully saturated rings. The molecule has 186 valence electrons. The normalized spacial score (nSPS) is 14.8. The zero-order valence-electron chi connectivity index (χ0n) is 20.4. The van der Waals surface area contributed by atoms with E-state index in [0.29, 0.717) is 42.4 Å². The molecule has 2 aliphatic rings. The first-order valence-electron chi connectivity index (χ1n) is 12.0. The third-order valence-corrected chi connectivity index (χ3v) is 6.50. The van der Waals surface area contributed by atoms with Gasteiger partial charge in [-0.3, -0.25) is 4.79 Å². The number of benzene rings is 2. The molecule has 1 saturated heterocycles. The van der Waals surface area contributed by atoms with Gasteiger partial charge in [0.2, 0.25) is 6.79 Å². The summed E-state index contributed by atoms with van der Waals surface area (Å²) in [6, 6.07) is 14.5. The lowest BCUT2D eigenvalue weighted by atomic mass is 10.1. The number of hydrogen-bond donors (Lipinski definition) is 2. The minimum absolute atomic E-state index is 0.0163. The Morgan fingerprint density at radius 1 is 0.833 bits per heavy atom. The Morgan fingerprint density at radius 2 is 1.64 bits per heavy atom. The number of carbonyl (C=O) groups excluding carboxylic acids is 2. The first kappa shape index (κ1) is 23.5. The van der Waals surface area contributed by atoms with E-state index in [9.17, 15) is 9.59 Å². The maximum atomic E-state index is 13.1. The summed E-state index contributed by atoms with van der Waals surface area (Å²) in [5, 5.41) is 5.67. The van der Waals surface area contributed by atoms with Crippen LogP contribution in [0.3, 0.4) is 0 Å². The molecular formula is C27H29N5O4. The van der Waals surface area contributed by atoms with Crippen molar-refractivity contribution in [2.24, 2.45) is 0 Å². The molecular weight excluding hydrogens is 458 g/mol. The number of nitrogens with zero attached hydrogens (tertiary/aromatic N) is 3. The van der Waals surface area contributed by atoms with E-state index in [1.807, 2.05) is 49.1 Å². The number of carbonyl (C=O) groups is 2. The largest absolute Gasteiger partial charge is 0.454 e. The molecule has 2 N–H and O–H groups in total. The van der Waals surface area contributed by atoms with E-state index in [1.54, 1.807) is 24.4 Å². The molecule has 3 heterocycles. The van der Waals surface area contributed by atoms with Crippen LogP contribution in [0.5, 0.6) is 11.5 Å². The van der Waals surface area contributed by atoms with Crippen LogP contribution in [0.25, 0.3) is 0 Å². The summed E-state index contributed by atoms with van der Waals surface area (Å²) in [6.45, 7) is 6.95. The second-order valence-corrected chi connectivity index (χ2v) is 8.98. The molecule has 9 nitrogen and oxygen atoms in total. The van der Waals surface area contributed by atoms with E-state index in [1.165, 1.54) is 5.56 Å². The zero-order valence-corrected chi connectivity index (χ0v) is 20.4. The predicted molar refractivity (Wildman–Crippen MR) is 138 cm³/mol. The van der Waals surface area contributed by atoms with Gasteiger partial charge in [-0.15, -0.1) is 0 Å². The molecule has 0 saturated carbocycles. The average molecular weight is 488 g/mol. The molecule has 2 aromatic carbocycles. The number of ether oxygens (including phenoxy) is 2. The van der Waals surface area contributed by atoms with Gasteiger partial charge in [-0.1, -0.05) is 6.07 Å². The van der Waals surface area contributed by atoms with Gasteiger partial charge in [-0.2, -0.15) is 0 Å². The molecule has 0 aliphatic carbocycles. The summed E-state index contributed by atoms with van der Waals surface area (Å²) >= 11 is 0. The molecule has 1 aromatic heterocycles. The topological polar surface area (TPSA) is 96.0 Å². The van der Waals surface area contributed by atoms with E-state index in [2.05, 4.69) is 20.5 Å². The Kier molecular flexibility index (Phi) is 6.62. The van der Waals surface area contributed by atoms with Crippen molar-refractivity contribution in [2.45, 2.75) is 20.3 Å². The SMILES string of the molecule is Cc1ccc(NC(=O)Nc2ccc(N3CCCN(C(=O)c4ccc5c(c4)OCO5)CC3)nc2)cc1C. The minimum atomic E-state index is -0.319. The number of amides is 3. The molecule has 5 rings (SSSR count). The lowest BCUT2D eigenvalue weighted by molar-refractivity contribution is 0.0766. The van der Waals surface area contributed by atoms with Crippen molar-refractivity contribution in [3.05, 3.63) is 71.4 Å². The van der Waals surface area contributed by atoms with Crippen LogP contribution in [0, 0.1) is 13.8 Å². The van der Waals surface area contributed by atoms with Gasteiger partial charge in [0.1, 0.15) is 5.82 Å². The lowest BCUT2D eigenvalue weighted by Gasteiger charge is -2.23. The maximum absolute atomic E-state index is 13.1. The number of hydrogen-bond acceptors (Lipinski definition) is 6. The monoisotopic (exact) mass is 487 g/mol. The summed E-state index contributed by atoms with van der Waals surface area (Å²) < 4.78 is 10.7. The van der Waals surface area contributed by atoms with E-state index >= 15 is 0 Å². The molecule has 0 radical (unpaired) electrons. The molecule has 0 bridgehead atoms. The van der Waals surface area contributed by atoms with Crippen LogP contribution >= 0.6 is 0 Å². The van der Waals surface area contributed by atoms with Crippen molar-refractivity contribution >= 4 is 29.1 Å². The number of aryl methyl sites for hydroxylation is 2. The second kappa shape index (κ2) is 10.2. The number of aromatic nitrogens is 1. The van der Waals surface area contributed by atoms with Crippen molar-refractivity contribution < 1.29 is 19.1 Å². The number of pyridine rings is 1. The van der Waals surface area contributed by atoms with E-state index < -0.39 is 0 Å². The summed E-state index contributed by atoms with van der Waals surface area (Å²) in [5.74, 6) is 2.07. The van der Waals surface area contributed by atoms with Crippen LogP contribution < -0.4 is 25.0 Å². The Labute approximate surface area is 210 Å². The molecule has 36 heavy (non-hydrogen) atoms. The number of nitrogens with one attached hydrogen (secondary N) is 2. The fraction of sp³-hybridized carbons (Fsp3) is 0.296. The van der Waals surface area contributed by atoms with Crippen molar-refractivity contribution in [3.8, 4) is 11.5 Å². The van der Waals surface area contributed by atoms with Crippen molar-refractivity contribution in [1.82, 2.24) is 9.88 Å². The summed E-state index contributed by atoms with van der Waals surface area (Å²) in [5.41, 5.74) is 4.24. The second-order valence-electron chi connectivity index (χ2n) is 8.98. The smallest absolute Gasteiger partial charge is 0.323 e. The van der Waals surface area contributed by atoms with E-state index in [-0.39, 0.29) is 18.7 Å². The number of urea groups is 1. The van der Waals surface area contributed by atoms with Gasteiger partial charge >= 0.3 is 6.03 Å². The molecule has 3 aromatic rings. The standard InChI is InChI=1S/C27H29N5O4/c1-18-4-6-21(14-19(18)2)29-27(34)30-22-7-9-25(28-16-22)31-10-3-11-32(13-12-31)26(33)20-5-8-23-24(15-20)36-17-35-23/h4-9,14-16H,3,10-13,17H2,1-2H3,(H2,29,30,34). The highest BCUT2D eigenvalue weighted by molar-refractivity contribution is 5.99. The van der Waals surface area contributed by atoms with Gasteiger partial charge in [-0.05, 0) is 73.9 Å². The molecule has 0 atom stereocenters. The molecule has 0 spiro atoms. The Hall–Kier alpha value is -4.27. The Balaban J connectivity index is 1.16. The fourth-order valence-electron chi connectivity index (χ4n) is 4.32. The first-order valence-corrected chi connectivity index (χ1v) is 12.0. The van der Waals surface area contributed by atoms with Crippen molar-refractivity contribution in [3.63, 3.8) is 0 Å². The van der Waals surface area contributed by atoms with Gasteiger partial charge in [0, 0.05) is 37.4 Å². The molecule has 2 aliphatic heterocycles. The highest BCUT2D eigenvalue weighted by atomic mass is 16.7. The van der Waals surface area contributed by atoms with Gasteiger partial charge < -0.3 is 29.9 Å². The lowest BCUT2D eigenvalue weighted by Crippen LogP contribution is -2.35. The van der Waals surface area contributed by atoms with E-state index in [0.717, 1.165) is 30.0 Å². The highest BCUT2D eigenvalue weighted by Gasteiger charge is 2.23. The van der Waals surface area contributed by atoms with Crippen molar-refractivity contribution in [1.29, 1.82) is 0 Å². The van der Waals surface area contributed by atoms with Crippen LogP contribution in [0.1, 0.15) is 27.9 Å². The maximum Gasteiger partial charge on any atom is 0.323 e. The number of anilines is 3. The zero-order chi connectivity index (χ0) is 25.1. The number of fused-ring (bicyclic) bond motifs is 1. The van der Waals surface area contributed by atoms with Gasteiger partial charge in [0.05, 0.1) is 11.9 Å². The third kappa shape index (κ3) is 5.19. The average Bonchev–Trinajstić information content (AvgIpc) is 3.21. The molecule has 3 amide bonds. The fourth-order valence-corrected chi connectivity index (χ4v) is 4.32. The summed E-state index contributed by atoms with van der Waals surface area (Å²) in [6.07, 6.45) is 2.48. The van der Waals surface area contributed by atoms with Crippen LogP contribution in [-0.2, 0) is 0 Å². The predicted octanol–water partition coefficient (Wildman–Crippen LogP) is 4.42. The minimum Gasteiger partial charge on any atom is -0.454 e. The Bertz CT molecular complexity index is 1280.